The highest BCUT2D eigenvalue weighted by atomic mass is 16.2. The largest absolute Gasteiger partial charge is 0.381 e. The second-order valence-electron chi connectivity index (χ2n) is 9.18. The number of rotatable bonds is 6. The molecule has 5 rings (SSSR count). The van der Waals surface area contributed by atoms with E-state index in [0.717, 1.165) is 60.2 Å². The van der Waals surface area contributed by atoms with Crippen molar-refractivity contribution < 1.29 is 4.79 Å². The zero-order valence-electron chi connectivity index (χ0n) is 19.6. The summed E-state index contributed by atoms with van der Waals surface area (Å²) >= 11 is 0. The van der Waals surface area contributed by atoms with Gasteiger partial charge in [0.15, 0.2) is 0 Å². The Morgan fingerprint density at radius 1 is 1.03 bits per heavy atom. The molecule has 0 unspecified atom stereocenters. The topological polar surface area (TPSA) is 58.1 Å². The smallest absolute Gasteiger partial charge is 0.253 e. The molecule has 2 aromatic heterocycles. The molecule has 3 heterocycles. The molecule has 0 radical (unpaired) electrons. The van der Waals surface area contributed by atoms with Gasteiger partial charge >= 0.3 is 0 Å². The van der Waals surface area contributed by atoms with E-state index >= 15 is 0 Å². The van der Waals surface area contributed by atoms with Crippen molar-refractivity contribution in [3.63, 3.8) is 0 Å². The third-order valence-corrected chi connectivity index (χ3v) is 6.82. The Bertz CT molecular complexity index is 1270. The average Bonchev–Trinajstić information content (AvgIpc) is 2.89. The van der Waals surface area contributed by atoms with Gasteiger partial charge in [0, 0.05) is 54.9 Å². The number of hydrogen-bond acceptors (Lipinski definition) is 4. The molecule has 1 fully saturated rings. The number of likely N-dealkylation sites (tertiary alicyclic amines) is 1. The van der Waals surface area contributed by atoms with E-state index in [1.54, 1.807) is 6.20 Å². The molecule has 0 spiro atoms. The van der Waals surface area contributed by atoms with Gasteiger partial charge in [0.2, 0.25) is 0 Å². The number of carbonyl (C=O) groups is 1. The van der Waals surface area contributed by atoms with Crippen LogP contribution in [0.2, 0.25) is 0 Å². The number of amides is 1. The summed E-state index contributed by atoms with van der Waals surface area (Å²) in [6, 6.07) is 20.5. The Balaban J connectivity index is 1.21. The maximum atomic E-state index is 13.3. The molecule has 0 bridgehead atoms. The number of hydrogen-bond donors (Lipinski definition) is 1. The van der Waals surface area contributed by atoms with E-state index in [4.69, 9.17) is 0 Å². The van der Waals surface area contributed by atoms with Crippen molar-refractivity contribution in [3.05, 3.63) is 102 Å². The highest BCUT2D eigenvalue weighted by molar-refractivity contribution is 5.95. The molecule has 5 heteroatoms. The molecule has 0 aliphatic carbocycles. The van der Waals surface area contributed by atoms with Crippen LogP contribution in [0.5, 0.6) is 0 Å². The summed E-state index contributed by atoms with van der Waals surface area (Å²) in [6.45, 7) is 4.34. The Labute approximate surface area is 200 Å². The lowest BCUT2D eigenvalue weighted by Gasteiger charge is -2.32. The monoisotopic (exact) mass is 450 g/mol. The molecule has 0 saturated carbocycles. The quantitative estimate of drug-likeness (QED) is 0.413. The summed E-state index contributed by atoms with van der Waals surface area (Å²) in [5.74, 6) is 0.695. The number of benzene rings is 2. The van der Waals surface area contributed by atoms with E-state index in [9.17, 15) is 4.79 Å². The van der Waals surface area contributed by atoms with Crippen LogP contribution in [-0.4, -0.2) is 33.9 Å². The number of anilines is 1. The number of carbonyl (C=O) groups excluding carboxylic acids is 1. The van der Waals surface area contributed by atoms with Crippen molar-refractivity contribution in [2.45, 2.75) is 32.7 Å². The second-order valence-corrected chi connectivity index (χ2v) is 9.18. The lowest BCUT2D eigenvalue weighted by atomic mass is 9.89. The molecule has 34 heavy (non-hydrogen) atoms. The Kier molecular flexibility index (Phi) is 6.52. The molecular formula is C29H30N4O. The predicted octanol–water partition coefficient (Wildman–Crippen LogP) is 5.65. The van der Waals surface area contributed by atoms with Crippen LogP contribution in [0.4, 0.5) is 5.69 Å². The van der Waals surface area contributed by atoms with Crippen LogP contribution in [0.3, 0.4) is 0 Å². The van der Waals surface area contributed by atoms with E-state index in [-0.39, 0.29) is 5.91 Å². The number of piperidine rings is 1. The van der Waals surface area contributed by atoms with Gasteiger partial charge in [-0.15, -0.1) is 0 Å². The summed E-state index contributed by atoms with van der Waals surface area (Å²) in [6.07, 6.45) is 8.56. The van der Waals surface area contributed by atoms with Crippen LogP contribution in [0, 0.1) is 12.8 Å². The lowest BCUT2D eigenvalue weighted by Crippen LogP contribution is -2.39. The Morgan fingerprint density at radius 2 is 1.85 bits per heavy atom. The van der Waals surface area contributed by atoms with Crippen LogP contribution in [0.25, 0.3) is 10.9 Å². The SMILES string of the molecule is Cc1ccc(C(=O)N2CCC(Cc3cccc4cccnc34)CC2)cc1NCc1cccnc1. The molecule has 1 saturated heterocycles. The van der Waals surface area contributed by atoms with Crippen LogP contribution in [0.1, 0.15) is 39.9 Å². The minimum atomic E-state index is 0.120. The molecule has 5 nitrogen and oxygen atoms in total. The summed E-state index contributed by atoms with van der Waals surface area (Å²) in [5, 5.41) is 4.65. The molecule has 2 aromatic carbocycles. The van der Waals surface area contributed by atoms with Crippen LogP contribution in [0.15, 0.2) is 79.3 Å². The first-order valence-electron chi connectivity index (χ1n) is 12.0. The molecule has 0 atom stereocenters. The number of nitrogens with one attached hydrogen (secondary N) is 1. The average molecular weight is 451 g/mol. The fraction of sp³-hybridized carbons (Fsp3) is 0.276. The van der Waals surface area contributed by atoms with Gasteiger partial charge in [-0.05, 0) is 73.1 Å². The van der Waals surface area contributed by atoms with Gasteiger partial charge in [0.25, 0.3) is 5.91 Å². The van der Waals surface area contributed by atoms with E-state index < -0.39 is 0 Å². The van der Waals surface area contributed by atoms with Crippen molar-refractivity contribution in [2.75, 3.05) is 18.4 Å². The first-order valence-corrected chi connectivity index (χ1v) is 12.0. The number of para-hydroxylation sites is 1. The fourth-order valence-corrected chi connectivity index (χ4v) is 4.81. The van der Waals surface area contributed by atoms with E-state index in [1.807, 2.05) is 53.7 Å². The van der Waals surface area contributed by atoms with Crippen molar-refractivity contribution >= 4 is 22.5 Å². The zero-order chi connectivity index (χ0) is 23.3. The van der Waals surface area contributed by atoms with Gasteiger partial charge in [-0.1, -0.05) is 36.4 Å². The van der Waals surface area contributed by atoms with Gasteiger partial charge in [-0.25, -0.2) is 0 Å². The van der Waals surface area contributed by atoms with Crippen molar-refractivity contribution in [3.8, 4) is 0 Å². The number of nitrogens with zero attached hydrogens (tertiary/aromatic N) is 3. The predicted molar refractivity (Wildman–Crippen MR) is 137 cm³/mol. The third kappa shape index (κ3) is 4.93. The van der Waals surface area contributed by atoms with Gasteiger partial charge in [-0.2, -0.15) is 0 Å². The van der Waals surface area contributed by atoms with Gasteiger partial charge in [0.1, 0.15) is 0 Å². The molecule has 1 aliphatic heterocycles. The lowest BCUT2D eigenvalue weighted by molar-refractivity contribution is 0.0690. The normalized spacial score (nSPS) is 14.3. The van der Waals surface area contributed by atoms with Crippen LogP contribution in [-0.2, 0) is 13.0 Å². The minimum absolute atomic E-state index is 0.120. The molecular weight excluding hydrogens is 420 g/mol. The minimum Gasteiger partial charge on any atom is -0.381 e. The maximum Gasteiger partial charge on any atom is 0.253 e. The molecule has 1 aliphatic rings. The van der Waals surface area contributed by atoms with Gasteiger partial charge < -0.3 is 10.2 Å². The number of aryl methyl sites for hydroxylation is 1. The third-order valence-electron chi connectivity index (χ3n) is 6.82. The molecule has 4 aromatic rings. The Morgan fingerprint density at radius 3 is 2.68 bits per heavy atom. The van der Waals surface area contributed by atoms with Gasteiger partial charge in [0.05, 0.1) is 5.52 Å². The van der Waals surface area contributed by atoms with Crippen molar-refractivity contribution in [2.24, 2.45) is 5.92 Å². The van der Waals surface area contributed by atoms with Gasteiger partial charge in [-0.3, -0.25) is 14.8 Å². The summed E-state index contributed by atoms with van der Waals surface area (Å²) in [4.78, 5) is 24.0. The Hall–Kier alpha value is -3.73. The number of pyridine rings is 2. The molecule has 172 valence electrons. The maximum absolute atomic E-state index is 13.3. The zero-order valence-corrected chi connectivity index (χ0v) is 19.6. The highest BCUT2D eigenvalue weighted by Crippen LogP contribution is 2.27. The second kappa shape index (κ2) is 10.0. The fourth-order valence-electron chi connectivity index (χ4n) is 4.81. The standard InChI is InChI=1S/C29H30N4O/c1-21-9-10-26(18-27(21)32-20-23-5-3-13-30-19-23)29(34)33-15-11-22(12-16-33)17-25-7-2-6-24-8-4-14-31-28(24)25/h2-10,13-14,18-19,22,32H,11-12,15-17,20H2,1H3. The molecule has 1 N–H and O–H groups in total. The van der Waals surface area contributed by atoms with Crippen molar-refractivity contribution in [1.82, 2.24) is 14.9 Å². The summed E-state index contributed by atoms with van der Waals surface area (Å²) in [7, 11) is 0. The van der Waals surface area contributed by atoms with E-state index in [2.05, 4.69) is 46.5 Å². The summed E-state index contributed by atoms with van der Waals surface area (Å²) < 4.78 is 0. The number of fused-ring (bicyclic) bond motifs is 1. The first kappa shape index (κ1) is 22.1. The van der Waals surface area contributed by atoms with Crippen LogP contribution < -0.4 is 5.32 Å². The number of aromatic nitrogens is 2. The summed E-state index contributed by atoms with van der Waals surface area (Å²) in [5.41, 5.74) is 6.40. The van der Waals surface area contributed by atoms with E-state index in [0.29, 0.717) is 12.5 Å². The highest BCUT2D eigenvalue weighted by Gasteiger charge is 2.24. The first-order chi connectivity index (χ1) is 16.7. The van der Waals surface area contributed by atoms with Crippen LogP contribution >= 0.6 is 0 Å². The molecule has 1 amide bonds. The van der Waals surface area contributed by atoms with E-state index in [1.165, 1.54) is 10.9 Å². The van der Waals surface area contributed by atoms with Crippen molar-refractivity contribution in [1.29, 1.82) is 0 Å².